The first kappa shape index (κ1) is 13.4. The van der Waals surface area contributed by atoms with Gasteiger partial charge in [0, 0.05) is 18.4 Å². The Morgan fingerprint density at radius 3 is 2.76 bits per heavy atom. The van der Waals surface area contributed by atoms with Crippen LogP contribution >= 0.6 is 0 Å². The van der Waals surface area contributed by atoms with Crippen LogP contribution in [-0.4, -0.2) is 37.9 Å². The Bertz CT molecular complexity index is 379. The summed E-state index contributed by atoms with van der Waals surface area (Å²) in [5, 5.41) is 0. The van der Waals surface area contributed by atoms with E-state index in [-0.39, 0.29) is 0 Å². The van der Waals surface area contributed by atoms with Gasteiger partial charge in [0.25, 0.3) is 0 Å². The first-order valence-electron chi connectivity index (χ1n) is 5.44. The van der Waals surface area contributed by atoms with Gasteiger partial charge < -0.3 is 14.2 Å². The van der Waals surface area contributed by atoms with E-state index in [9.17, 15) is 4.79 Å². The van der Waals surface area contributed by atoms with Gasteiger partial charge in [0.1, 0.15) is 6.61 Å². The van der Waals surface area contributed by atoms with E-state index in [2.05, 4.69) is 9.72 Å². The molecule has 1 heterocycles. The summed E-state index contributed by atoms with van der Waals surface area (Å²) < 4.78 is 15.2. The molecule has 0 bridgehead atoms. The van der Waals surface area contributed by atoms with Crippen molar-refractivity contribution in [2.45, 2.75) is 13.8 Å². The molecular formula is C12H17NO4. The van der Waals surface area contributed by atoms with Crippen molar-refractivity contribution >= 4 is 5.97 Å². The minimum atomic E-state index is -0.401. The van der Waals surface area contributed by atoms with Crippen LogP contribution in [-0.2, 0) is 9.47 Å². The second-order valence-electron chi connectivity index (χ2n) is 3.38. The van der Waals surface area contributed by atoms with E-state index in [1.54, 1.807) is 6.07 Å². The largest absolute Gasteiger partial charge is 0.475 e. The molecule has 0 aliphatic heterocycles. The number of hydrogen-bond acceptors (Lipinski definition) is 5. The molecule has 0 spiro atoms. The first-order chi connectivity index (χ1) is 8.19. The number of carbonyl (C=O) groups excluding carboxylic acids is 1. The maximum absolute atomic E-state index is 11.3. The number of aromatic nitrogens is 1. The standard InChI is InChI=1S/C12H17NO4/c1-4-16-5-6-17-11-9(2)7-10(8-13-11)12(14)15-3/h7-8H,4-6H2,1-3H3. The van der Waals surface area contributed by atoms with E-state index in [0.717, 1.165) is 5.56 Å². The van der Waals surface area contributed by atoms with Gasteiger partial charge in [-0.2, -0.15) is 0 Å². The second kappa shape index (κ2) is 6.85. The molecule has 0 unspecified atom stereocenters. The molecule has 94 valence electrons. The lowest BCUT2D eigenvalue weighted by Crippen LogP contribution is -2.09. The van der Waals surface area contributed by atoms with Crippen LogP contribution in [0, 0.1) is 6.92 Å². The molecular weight excluding hydrogens is 222 g/mol. The third-order valence-electron chi connectivity index (χ3n) is 2.12. The zero-order chi connectivity index (χ0) is 12.7. The number of carbonyl (C=O) groups is 1. The maximum Gasteiger partial charge on any atom is 0.339 e. The fourth-order valence-corrected chi connectivity index (χ4v) is 1.28. The Kier molecular flexibility index (Phi) is 5.42. The van der Waals surface area contributed by atoms with Crippen LogP contribution < -0.4 is 4.74 Å². The van der Waals surface area contributed by atoms with Gasteiger partial charge in [0.15, 0.2) is 0 Å². The van der Waals surface area contributed by atoms with E-state index in [1.165, 1.54) is 13.3 Å². The lowest BCUT2D eigenvalue weighted by molar-refractivity contribution is 0.0600. The Balaban J connectivity index is 2.60. The molecule has 0 fully saturated rings. The van der Waals surface area contributed by atoms with Crippen molar-refractivity contribution in [2.24, 2.45) is 0 Å². The number of ether oxygens (including phenoxy) is 3. The van der Waals surface area contributed by atoms with Crippen molar-refractivity contribution in [3.05, 3.63) is 23.4 Å². The molecule has 0 aliphatic carbocycles. The zero-order valence-electron chi connectivity index (χ0n) is 10.4. The second-order valence-corrected chi connectivity index (χ2v) is 3.38. The van der Waals surface area contributed by atoms with Gasteiger partial charge in [-0.15, -0.1) is 0 Å². The fourth-order valence-electron chi connectivity index (χ4n) is 1.28. The highest BCUT2D eigenvalue weighted by Crippen LogP contribution is 2.15. The van der Waals surface area contributed by atoms with Crippen molar-refractivity contribution in [2.75, 3.05) is 26.9 Å². The van der Waals surface area contributed by atoms with Crippen LogP contribution in [0.25, 0.3) is 0 Å². The smallest absolute Gasteiger partial charge is 0.339 e. The summed E-state index contributed by atoms with van der Waals surface area (Å²) in [6.07, 6.45) is 1.44. The van der Waals surface area contributed by atoms with E-state index in [0.29, 0.717) is 31.3 Å². The molecule has 0 N–H and O–H groups in total. The minimum absolute atomic E-state index is 0.401. The van der Waals surface area contributed by atoms with Gasteiger partial charge in [0.2, 0.25) is 5.88 Å². The number of nitrogens with zero attached hydrogens (tertiary/aromatic N) is 1. The highest BCUT2D eigenvalue weighted by atomic mass is 16.5. The Labute approximate surface area is 101 Å². The molecule has 1 rings (SSSR count). The van der Waals surface area contributed by atoms with Gasteiger partial charge in [0.05, 0.1) is 19.3 Å². The summed E-state index contributed by atoms with van der Waals surface area (Å²) in [5.41, 5.74) is 1.21. The number of methoxy groups -OCH3 is 1. The monoisotopic (exact) mass is 239 g/mol. The van der Waals surface area contributed by atoms with Crippen LogP contribution in [0.2, 0.25) is 0 Å². The van der Waals surface area contributed by atoms with Crippen molar-refractivity contribution in [1.82, 2.24) is 4.98 Å². The van der Waals surface area contributed by atoms with Crippen molar-refractivity contribution in [3.8, 4) is 5.88 Å². The topological polar surface area (TPSA) is 57.7 Å². The molecule has 0 atom stereocenters. The number of aryl methyl sites for hydroxylation is 1. The van der Waals surface area contributed by atoms with Gasteiger partial charge in [-0.05, 0) is 19.9 Å². The highest BCUT2D eigenvalue weighted by Gasteiger charge is 2.09. The van der Waals surface area contributed by atoms with E-state index in [4.69, 9.17) is 9.47 Å². The van der Waals surface area contributed by atoms with E-state index in [1.807, 2.05) is 13.8 Å². The average molecular weight is 239 g/mol. The minimum Gasteiger partial charge on any atom is -0.475 e. The van der Waals surface area contributed by atoms with Gasteiger partial charge in [-0.3, -0.25) is 0 Å². The molecule has 0 aliphatic rings. The van der Waals surface area contributed by atoms with E-state index >= 15 is 0 Å². The molecule has 5 nitrogen and oxygen atoms in total. The lowest BCUT2D eigenvalue weighted by Gasteiger charge is -2.08. The van der Waals surface area contributed by atoms with Gasteiger partial charge in [-0.25, -0.2) is 9.78 Å². The van der Waals surface area contributed by atoms with E-state index < -0.39 is 5.97 Å². The first-order valence-corrected chi connectivity index (χ1v) is 5.44. The lowest BCUT2D eigenvalue weighted by atomic mass is 10.2. The highest BCUT2D eigenvalue weighted by molar-refractivity contribution is 5.89. The maximum atomic E-state index is 11.3. The summed E-state index contributed by atoms with van der Waals surface area (Å²) in [7, 11) is 1.34. The van der Waals surface area contributed by atoms with Gasteiger partial charge >= 0.3 is 5.97 Å². The number of hydrogen-bond donors (Lipinski definition) is 0. The summed E-state index contributed by atoms with van der Waals surface area (Å²) >= 11 is 0. The molecule has 1 aromatic rings. The number of rotatable bonds is 6. The Morgan fingerprint density at radius 2 is 2.18 bits per heavy atom. The molecule has 5 heteroatoms. The van der Waals surface area contributed by atoms with Crippen LogP contribution in [0.15, 0.2) is 12.3 Å². The summed E-state index contributed by atoms with van der Waals surface area (Å²) in [6, 6.07) is 1.69. The molecule has 0 radical (unpaired) electrons. The zero-order valence-corrected chi connectivity index (χ0v) is 10.4. The summed E-state index contributed by atoms with van der Waals surface area (Å²) in [4.78, 5) is 15.3. The number of esters is 1. The predicted molar refractivity (Wildman–Crippen MR) is 62.3 cm³/mol. The third kappa shape index (κ3) is 4.03. The van der Waals surface area contributed by atoms with Crippen LogP contribution in [0.4, 0.5) is 0 Å². The molecule has 0 amide bonds. The fraction of sp³-hybridized carbons (Fsp3) is 0.500. The molecule has 1 aromatic heterocycles. The molecule has 0 saturated heterocycles. The van der Waals surface area contributed by atoms with Crippen molar-refractivity contribution < 1.29 is 19.0 Å². The predicted octanol–water partition coefficient (Wildman–Crippen LogP) is 1.59. The normalized spacial score (nSPS) is 10.1. The Hall–Kier alpha value is -1.62. The van der Waals surface area contributed by atoms with Gasteiger partial charge in [-0.1, -0.05) is 0 Å². The molecule has 17 heavy (non-hydrogen) atoms. The molecule has 0 aromatic carbocycles. The summed E-state index contributed by atoms with van der Waals surface area (Å²) in [6.45, 7) is 5.39. The van der Waals surface area contributed by atoms with Crippen LogP contribution in [0.1, 0.15) is 22.8 Å². The summed E-state index contributed by atoms with van der Waals surface area (Å²) in [5.74, 6) is 0.110. The third-order valence-corrected chi connectivity index (χ3v) is 2.12. The number of pyridine rings is 1. The SMILES string of the molecule is CCOCCOc1ncc(C(=O)OC)cc1C. The van der Waals surface area contributed by atoms with Crippen molar-refractivity contribution in [1.29, 1.82) is 0 Å². The van der Waals surface area contributed by atoms with Crippen LogP contribution in [0.3, 0.4) is 0 Å². The van der Waals surface area contributed by atoms with Crippen LogP contribution in [0.5, 0.6) is 5.88 Å². The quantitative estimate of drug-likeness (QED) is 0.557. The average Bonchev–Trinajstić information content (AvgIpc) is 2.35. The van der Waals surface area contributed by atoms with Crippen molar-refractivity contribution in [3.63, 3.8) is 0 Å². The molecule has 0 saturated carbocycles. The Morgan fingerprint density at radius 1 is 1.41 bits per heavy atom.